The first-order valence-corrected chi connectivity index (χ1v) is 11.8. The lowest BCUT2D eigenvalue weighted by Gasteiger charge is -2.38. The minimum atomic E-state index is -1.66. The zero-order valence-electron chi connectivity index (χ0n) is 15.5. The quantitative estimate of drug-likeness (QED) is 0.804. The van der Waals surface area contributed by atoms with Crippen molar-refractivity contribution in [3.05, 3.63) is 35.9 Å². The van der Waals surface area contributed by atoms with Crippen LogP contribution in [0, 0.1) is 0 Å². The molecule has 0 saturated carbocycles. The predicted molar refractivity (Wildman–Crippen MR) is 101 cm³/mol. The van der Waals surface area contributed by atoms with E-state index < -0.39 is 8.32 Å². The fourth-order valence-corrected chi connectivity index (χ4v) is 4.38. The van der Waals surface area contributed by atoms with Crippen molar-refractivity contribution >= 4 is 8.32 Å². The molecule has 23 heavy (non-hydrogen) atoms. The molecule has 0 spiro atoms. The number of nitrogens with zero attached hydrogens (tertiary/aromatic N) is 1. The summed E-state index contributed by atoms with van der Waals surface area (Å²) in [5, 5.41) is 0.282. The summed E-state index contributed by atoms with van der Waals surface area (Å²) in [5.41, 5.74) is 7.38. The van der Waals surface area contributed by atoms with Crippen molar-refractivity contribution in [2.24, 2.45) is 5.73 Å². The summed E-state index contributed by atoms with van der Waals surface area (Å²) < 4.78 is 6.58. The van der Waals surface area contributed by atoms with Gasteiger partial charge in [0, 0.05) is 32.1 Å². The van der Waals surface area contributed by atoms with E-state index >= 15 is 0 Å². The third-order valence-corrected chi connectivity index (χ3v) is 10.1. The molecule has 0 aliphatic carbocycles. The van der Waals surface area contributed by atoms with Crippen LogP contribution >= 0.6 is 0 Å². The average molecular weight is 335 g/mol. The molecule has 130 valence electrons. The van der Waals surface area contributed by atoms with Gasteiger partial charge in [-0.15, -0.1) is 0 Å². The van der Waals surface area contributed by atoms with E-state index in [9.17, 15) is 0 Å². The molecular formula is C19H34N2OSi. The first-order chi connectivity index (χ1) is 10.7. The Morgan fingerprint density at radius 2 is 1.91 bits per heavy atom. The predicted octanol–water partition coefficient (Wildman–Crippen LogP) is 3.83. The molecule has 1 aliphatic heterocycles. The molecule has 1 fully saturated rings. The van der Waals surface area contributed by atoms with Crippen LogP contribution < -0.4 is 5.73 Å². The second-order valence-corrected chi connectivity index (χ2v) is 13.1. The van der Waals surface area contributed by atoms with Gasteiger partial charge >= 0.3 is 0 Å². The third kappa shape index (κ3) is 4.89. The van der Waals surface area contributed by atoms with Crippen molar-refractivity contribution < 1.29 is 4.43 Å². The maximum Gasteiger partial charge on any atom is 0.192 e. The van der Waals surface area contributed by atoms with Gasteiger partial charge in [0.2, 0.25) is 0 Å². The third-order valence-electron chi connectivity index (χ3n) is 5.53. The Bertz CT molecular complexity index is 484. The van der Waals surface area contributed by atoms with Gasteiger partial charge in [0.1, 0.15) is 0 Å². The Balaban J connectivity index is 1.90. The van der Waals surface area contributed by atoms with Crippen LogP contribution in [0.3, 0.4) is 0 Å². The molecule has 2 rings (SSSR count). The lowest BCUT2D eigenvalue weighted by molar-refractivity contribution is 0.179. The molecule has 1 heterocycles. The highest BCUT2D eigenvalue weighted by atomic mass is 28.4. The second kappa shape index (κ2) is 7.47. The SMILES string of the molecule is CC(C)(C)[Si](C)(C)OC1CCN(CC(CN)c2ccccc2)C1. The summed E-state index contributed by atoms with van der Waals surface area (Å²) in [6.45, 7) is 15.6. The lowest BCUT2D eigenvalue weighted by Crippen LogP contribution is -2.44. The molecule has 0 radical (unpaired) electrons. The normalized spacial score (nSPS) is 21.6. The second-order valence-electron chi connectivity index (χ2n) is 8.39. The van der Waals surface area contributed by atoms with E-state index in [0.29, 0.717) is 18.6 Å². The molecule has 1 aromatic carbocycles. The number of hydrogen-bond donors (Lipinski definition) is 1. The van der Waals surface area contributed by atoms with Crippen molar-refractivity contribution in [2.75, 3.05) is 26.2 Å². The zero-order chi connectivity index (χ0) is 17.1. The average Bonchev–Trinajstić information content (AvgIpc) is 2.91. The Hall–Kier alpha value is -0.683. The van der Waals surface area contributed by atoms with E-state index in [0.717, 1.165) is 26.1 Å². The molecule has 0 aromatic heterocycles. The van der Waals surface area contributed by atoms with Crippen LogP contribution in [0.5, 0.6) is 0 Å². The highest BCUT2D eigenvalue weighted by molar-refractivity contribution is 6.74. The smallest absolute Gasteiger partial charge is 0.192 e. The van der Waals surface area contributed by atoms with E-state index in [2.05, 4.69) is 69.1 Å². The van der Waals surface area contributed by atoms with Gasteiger partial charge < -0.3 is 15.1 Å². The topological polar surface area (TPSA) is 38.5 Å². The first kappa shape index (κ1) is 18.7. The molecule has 1 aromatic rings. The number of nitrogens with two attached hydrogens (primary N) is 1. The van der Waals surface area contributed by atoms with E-state index in [1.807, 2.05) is 0 Å². The maximum atomic E-state index is 6.58. The van der Waals surface area contributed by atoms with Gasteiger partial charge in [-0.1, -0.05) is 51.1 Å². The Morgan fingerprint density at radius 1 is 1.26 bits per heavy atom. The lowest BCUT2D eigenvalue weighted by atomic mass is 9.99. The monoisotopic (exact) mass is 334 g/mol. The van der Waals surface area contributed by atoms with E-state index in [1.165, 1.54) is 5.56 Å². The molecule has 2 unspecified atom stereocenters. The van der Waals surface area contributed by atoms with Gasteiger partial charge in [0.05, 0.1) is 6.10 Å². The summed E-state index contributed by atoms with van der Waals surface area (Å²) in [5.74, 6) is 0.419. The van der Waals surface area contributed by atoms with Crippen molar-refractivity contribution in [2.45, 2.75) is 57.3 Å². The minimum Gasteiger partial charge on any atom is -0.413 e. The van der Waals surface area contributed by atoms with Gasteiger partial charge in [-0.2, -0.15) is 0 Å². The van der Waals surface area contributed by atoms with Crippen LogP contribution in [0.4, 0.5) is 0 Å². The molecule has 0 amide bonds. The molecule has 2 N–H and O–H groups in total. The summed E-state index contributed by atoms with van der Waals surface area (Å²) in [6.07, 6.45) is 1.54. The van der Waals surface area contributed by atoms with E-state index in [-0.39, 0.29) is 5.04 Å². The Morgan fingerprint density at radius 3 is 2.48 bits per heavy atom. The highest BCUT2D eigenvalue weighted by Crippen LogP contribution is 2.38. The van der Waals surface area contributed by atoms with Crippen LogP contribution in [0.2, 0.25) is 18.1 Å². The number of likely N-dealkylation sites (tertiary alicyclic amines) is 1. The number of benzene rings is 1. The Kier molecular flexibility index (Phi) is 6.06. The fourth-order valence-electron chi connectivity index (χ4n) is 3.01. The van der Waals surface area contributed by atoms with Crippen LogP contribution in [0.25, 0.3) is 0 Å². The first-order valence-electron chi connectivity index (χ1n) is 8.88. The van der Waals surface area contributed by atoms with Crippen LogP contribution in [0.15, 0.2) is 30.3 Å². The minimum absolute atomic E-state index is 0.282. The molecular weight excluding hydrogens is 300 g/mol. The van der Waals surface area contributed by atoms with Crippen molar-refractivity contribution in [1.82, 2.24) is 4.90 Å². The molecule has 1 saturated heterocycles. The van der Waals surface area contributed by atoms with Crippen molar-refractivity contribution in [1.29, 1.82) is 0 Å². The van der Waals surface area contributed by atoms with Gasteiger partial charge in [0.25, 0.3) is 0 Å². The van der Waals surface area contributed by atoms with Crippen molar-refractivity contribution in [3.8, 4) is 0 Å². The highest BCUT2D eigenvalue weighted by Gasteiger charge is 2.40. The molecule has 2 atom stereocenters. The summed E-state index contributed by atoms with van der Waals surface area (Å²) >= 11 is 0. The molecule has 1 aliphatic rings. The van der Waals surface area contributed by atoms with Gasteiger partial charge in [-0.25, -0.2) is 0 Å². The van der Waals surface area contributed by atoms with Gasteiger partial charge in [-0.05, 0) is 30.1 Å². The maximum absolute atomic E-state index is 6.58. The molecule has 3 nitrogen and oxygen atoms in total. The van der Waals surface area contributed by atoms with E-state index in [1.54, 1.807) is 0 Å². The Labute approximate surface area is 143 Å². The van der Waals surface area contributed by atoms with Gasteiger partial charge in [0.15, 0.2) is 8.32 Å². The van der Waals surface area contributed by atoms with E-state index in [4.69, 9.17) is 10.2 Å². The summed E-state index contributed by atoms with van der Waals surface area (Å²) in [7, 11) is -1.66. The van der Waals surface area contributed by atoms with Crippen LogP contribution in [-0.2, 0) is 4.43 Å². The fraction of sp³-hybridized carbons (Fsp3) is 0.684. The van der Waals surface area contributed by atoms with Crippen LogP contribution in [0.1, 0.15) is 38.7 Å². The number of rotatable bonds is 6. The van der Waals surface area contributed by atoms with Gasteiger partial charge in [-0.3, -0.25) is 0 Å². The number of hydrogen-bond acceptors (Lipinski definition) is 3. The summed E-state index contributed by atoms with van der Waals surface area (Å²) in [6, 6.07) is 10.7. The molecule has 0 bridgehead atoms. The standard InChI is InChI=1S/C19H34N2OSi/c1-19(2,3)23(4,5)22-18-11-12-21(15-18)14-17(13-20)16-9-7-6-8-10-16/h6-10,17-18H,11-15,20H2,1-5H3. The summed E-state index contributed by atoms with van der Waals surface area (Å²) in [4.78, 5) is 2.53. The largest absolute Gasteiger partial charge is 0.413 e. The zero-order valence-corrected chi connectivity index (χ0v) is 16.5. The van der Waals surface area contributed by atoms with Crippen molar-refractivity contribution in [3.63, 3.8) is 0 Å². The van der Waals surface area contributed by atoms with Crippen LogP contribution in [-0.4, -0.2) is 45.5 Å². The molecule has 4 heteroatoms.